The molecule has 0 aliphatic heterocycles. The van der Waals surface area contributed by atoms with Crippen molar-refractivity contribution >= 4 is 11.7 Å². The Kier molecular flexibility index (Phi) is 4.57. The van der Waals surface area contributed by atoms with Gasteiger partial charge in [0.2, 0.25) is 0 Å². The molecule has 4 heteroatoms. The van der Waals surface area contributed by atoms with Crippen LogP contribution in [0.1, 0.15) is 22.8 Å². The standard InChI is InChI=1S/C17H16N2O2/c1-3-19(2)15-9-7-14(8-10-15)17(20)21-16-6-4-5-13(11-16)12-18/h4-11H,3H2,1-2H3. The van der Waals surface area contributed by atoms with Crippen LogP contribution in [-0.2, 0) is 0 Å². The van der Waals surface area contributed by atoms with Gasteiger partial charge < -0.3 is 9.64 Å². The zero-order valence-electron chi connectivity index (χ0n) is 12.0. The van der Waals surface area contributed by atoms with Crippen LogP contribution in [0.5, 0.6) is 5.75 Å². The van der Waals surface area contributed by atoms with Crippen molar-refractivity contribution in [1.29, 1.82) is 5.26 Å². The number of carbonyl (C=O) groups is 1. The van der Waals surface area contributed by atoms with Crippen LogP contribution < -0.4 is 9.64 Å². The molecule has 0 aromatic heterocycles. The molecule has 0 spiro atoms. The molecule has 0 fully saturated rings. The number of benzene rings is 2. The third-order valence-electron chi connectivity index (χ3n) is 3.19. The van der Waals surface area contributed by atoms with Crippen LogP contribution in [0, 0.1) is 11.3 Å². The Bertz CT molecular complexity index is 672. The van der Waals surface area contributed by atoms with Gasteiger partial charge in [-0.1, -0.05) is 6.07 Å². The molecule has 2 aromatic carbocycles. The average Bonchev–Trinajstić information content (AvgIpc) is 2.54. The van der Waals surface area contributed by atoms with Crippen molar-refractivity contribution in [3.63, 3.8) is 0 Å². The Morgan fingerprint density at radius 1 is 1.24 bits per heavy atom. The molecule has 4 nitrogen and oxygen atoms in total. The molecule has 2 rings (SSSR count). The molecule has 0 amide bonds. The topological polar surface area (TPSA) is 53.3 Å². The Hall–Kier alpha value is -2.80. The summed E-state index contributed by atoms with van der Waals surface area (Å²) in [5, 5.41) is 8.82. The molecule has 0 aliphatic rings. The molecular formula is C17H16N2O2. The third-order valence-corrected chi connectivity index (χ3v) is 3.19. The van der Waals surface area contributed by atoms with Crippen molar-refractivity contribution < 1.29 is 9.53 Å². The summed E-state index contributed by atoms with van der Waals surface area (Å²) in [6, 6.07) is 15.8. The molecule has 0 saturated carbocycles. The summed E-state index contributed by atoms with van der Waals surface area (Å²) in [5.41, 5.74) is 1.98. The van der Waals surface area contributed by atoms with Crippen LogP contribution >= 0.6 is 0 Å². The van der Waals surface area contributed by atoms with E-state index >= 15 is 0 Å². The van der Waals surface area contributed by atoms with Crippen LogP contribution in [0.3, 0.4) is 0 Å². The summed E-state index contributed by atoms with van der Waals surface area (Å²) >= 11 is 0. The van der Waals surface area contributed by atoms with Crippen LogP contribution in [0.25, 0.3) is 0 Å². The lowest BCUT2D eigenvalue weighted by Gasteiger charge is -2.16. The van der Waals surface area contributed by atoms with Gasteiger partial charge in [-0.15, -0.1) is 0 Å². The van der Waals surface area contributed by atoms with E-state index in [1.165, 1.54) is 6.07 Å². The molecule has 0 heterocycles. The first-order chi connectivity index (χ1) is 10.1. The molecule has 0 unspecified atom stereocenters. The maximum absolute atomic E-state index is 12.0. The van der Waals surface area contributed by atoms with Gasteiger partial charge in [-0.2, -0.15) is 5.26 Å². The van der Waals surface area contributed by atoms with Crippen molar-refractivity contribution in [2.75, 3.05) is 18.5 Å². The van der Waals surface area contributed by atoms with Gasteiger partial charge in [0, 0.05) is 19.3 Å². The van der Waals surface area contributed by atoms with E-state index in [2.05, 4.69) is 11.8 Å². The Morgan fingerprint density at radius 3 is 2.57 bits per heavy atom. The summed E-state index contributed by atoms with van der Waals surface area (Å²) in [6.45, 7) is 2.95. The lowest BCUT2D eigenvalue weighted by molar-refractivity contribution is 0.0735. The van der Waals surface area contributed by atoms with E-state index < -0.39 is 5.97 Å². The minimum absolute atomic E-state index is 0.369. The first-order valence-corrected chi connectivity index (χ1v) is 6.67. The highest BCUT2D eigenvalue weighted by Crippen LogP contribution is 2.17. The zero-order chi connectivity index (χ0) is 15.2. The smallest absolute Gasteiger partial charge is 0.343 e. The van der Waals surface area contributed by atoms with Gasteiger partial charge in [-0.3, -0.25) is 0 Å². The molecule has 0 bridgehead atoms. The lowest BCUT2D eigenvalue weighted by Crippen LogP contribution is -2.16. The summed E-state index contributed by atoms with van der Waals surface area (Å²) < 4.78 is 5.27. The first kappa shape index (κ1) is 14.6. The Morgan fingerprint density at radius 2 is 1.95 bits per heavy atom. The van der Waals surface area contributed by atoms with E-state index in [0.717, 1.165) is 12.2 Å². The fourth-order valence-corrected chi connectivity index (χ4v) is 1.83. The highest BCUT2D eigenvalue weighted by molar-refractivity contribution is 5.91. The number of nitrogens with zero attached hydrogens (tertiary/aromatic N) is 2. The highest BCUT2D eigenvalue weighted by Gasteiger charge is 2.09. The summed E-state index contributed by atoms with van der Waals surface area (Å²) in [5.74, 6) is -0.0652. The number of nitriles is 1. The van der Waals surface area contributed by atoms with E-state index in [0.29, 0.717) is 16.9 Å². The molecule has 0 aliphatic carbocycles. The van der Waals surface area contributed by atoms with Gasteiger partial charge in [-0.05, 0) is 49.4 Å². The van der Waals surface area contributed by atoms with Gasteiger partial charge in [0.25, 0.3) is 0 Å². The van der Waals surface area contributed by atoms with Crippen molar-refractivity contribution in [1.82, 2.24) is 0 Å². The molecule has 0 radical (unpaired) electrons. The van der Waals surface area contributed by atoms with Gasteiger partial charge in [-0.25, -0.2) is 4.79 Å². The number of esters is 1. The fraction of sp³-hybridized carbons (Fsp3) is 0.176. The van der Waals surface area contributed by atoms with E-state index in [9.17, 15) is 4.79 Å². The Labute approximate surface area is 124 Å². The largest absolute Gasteiger partial charge is 0.423 e. The predicted molar refractivity (Wildman–Crippen MR) is 81.5 cm³/mol. The van der Waals surface area contributed by atoms with Crippen LogP contribution in [0.2, 0.25) is 0 Å². The lowest BCUT2D eigenvalue weighted by atomic mass is 10.2. The highest BCUT2D eigenvalue weighted by atomic mass is 16.5. The van der Waals surface area contributed by atoms with E-state index in [4.69, 9.17) is 10.00 Å². The molecule has 106 valence electrons. The second-order valence-corrected chi connectivity index (χ2v) is 4.59. The first-order valence-electron chi connectivity index (χ1n) is 6.67. The average molecular weight is 280 g/mol. The van der Waals surface area contributed by atoms with Crippen molar-refractivity contribution in [2.24, 2.45) is 0 Å². The van der Waals surface area contributed by atoms with E-state index in [-0.39, 0.29) is 0 Å². The number of hydrogen-bond acceptors (Lipinski definition) is 4. The minimum Gasteiger partial charge on any atom is -0.423 e. The summed E-state index contributed by atoms with van der Waals surface area (Å²) in [6.07, 6.45) is 0. The molecule has 0 saturated heterocycles. The second kappa shape index (κ2) is 6.58. The second-order valence-electron chi connectivity index (χ2n) is 4.59. The van der Waals surface area contributed by atoms with Crippen LogP contribution in [0.4, 0.5) is 5.69 Å². The van der Waals surface area contributed by atoms with Gasteiger partial charge >= 0.3 is 5.97 Å². The van der Waals surface area contributed by atoms with Crippen LogP contribution in [-0.4, -0.2) is 19.6 Å². The molecule has 2 aromatic rings. The number of ether oxygens (including phenoxy) is 1. The van der Waals surface area contributed by atoms with E-state index in [1.54, 1.807) is 30.3 Å². The maximum atomic E-state index is 12.0. The maximum Gasteiger partial charge on any atom is 0.343 e. The van der Waals surface area contributed by atoms with Crippen molar-refractivity contribution in [2.45, 2.75) is 6.92 Å². The number of rotatable bonds is 4. The summed E-state index contributed by atoms with van der Waals surface area (Å²) in [7, 11) is 1.99. The number of anilines is 1. The molecular weight excluding hydrogens is 264 g/mol. The molecule has 0 N–H and O–H groups in total. The van der Waals surface area contributed by atoms with Crippen molar-refractivity contribution in [3.05, 3.63) is 59.7 Å². The minimum atomic E-state index is -0.434. The van der Waals surface area contributed by atoms with Gasteiger partial charge in [0.15, 0.2) is 0 Å². The predicted octanol–water partition coefficient (Wildman–Crippen LogP) is 3.23. The van der Waals surface area contributed by atoms with Crippen LogP contribution in [0.15, 0.2) is 48.5 Å². The fourth-order valence-electron chi connectivity index (χ4n) is 1.83. The van der Waals surface area contributed by atoms with Crippen molar-refractivity contribution in [3.8, 4) is 11.8 Å². The van der Waals surface area contributed by atoms with Gasteiger partial charge in [0.1, 0.15) is 5.75 Å². The third kappa shape index (κ3) is 3.61. The normalized spacial score (nSPS) is 9.76. The summed E-state index contributed by atoms with van der Waals surface area (Å²) in [4.78, 5) is 14.1. The molecule has 21 heavy (non-hydrogen) atoms. The van der Waals surface area contributed by atoms with Gasteiger partial charge in [0.05, 0.1) is 17.2 Å². The number of hydrogen-bond donors (Lipinski definition) is 0. The Balaban J connectivity index is 2.11. The number of carbonyl (C=O) groups excluding carboxylic acids is 1. The quantitative estimate of drug-likeness (QED) is 0.637. The molecule has 0 atom stereocenters. The van der Waals surface area contributed by atoms with E-state index in [1.807, 2.05) is 25.2 Å². The monoisotopic (exact) mass is 280 g/mol. The SMILES string of the molecule is CCN(C)c1ccc(C(=O)Oc2cccc(C#N)c2)cc1. The zero-order valence-corrected chi connectivity index (χ0v) is 12.0.